The third kappa shape index (κ3) is 1.92. The van der Waals surface area contributed by atoms with Gasteiger partial charge in [-0.3, -0.25) is 0 Å². The molecule has 1 heterocycles. The maximum atomic E-state index is 11.6. The molecule has 15 heavy (non-hydrogen) atoms. The quantitative estimate of drug-likeness (QED) is 0.608. The molecule has 0 N–H and O–H groups in total. The maximum Gasteiger partial charge on any atom is 0.410 e. The van der Waals surface area contributed by atoms with Crippen LogP contribution >= 0.6 is 0 Å². The molecule has 4 nitrogen and oxygen atoms in total. The van der Waals surface area contributed by atoms with E-state index in [-0.39, 0.29) is 12.0 Å². The van der Waals surface area contributed by atoms with Gasteiger partial charge in [0.1, 0.15) is 5.60 Å². The third-order valence-electron chi connectivity index (χ3n) is 2.99. The van der Waals surface area contributed by atoms with Crippen molar-refractivity contribution < 1.29 is 9.53 Å². The number of ether oxygens (including phenoxy) is 1. The molecule has 2 fully saturated rings. The van der Waals surface area contributed by atoms with Crippen LogP contribution in [0.2, 0.25) is 0 Å². The van der Waals surface area contributed by atoms with Gasteiger partial charge in [0, 0.05) is 13.1 Å². The number of likely N-dealkylation sites (tertiary alicyclic amines) is 1. The Hall–Kier alpha value is -1.24. The molecule has 4 heteroatoms. The van der Waals surface area contributed by atoms with Crippen molar-refractivity contribution in [1.29, 1.82) is 5.26 Å². The van der Waals surface area contributed by atoms with E-state index in [0.29, 0.717) is 24.9 Å². The first-order chi connectivity index (χ1) is 6.92. The first-order valence-electron chi connectivity index (χ1n) is 5.30. The summed E-state index contributed by atoms with van der Waals surface area (Å²) in [6.45, 7) is 6.97. The number of hydrogen-bond acceptors (Lipinski definition) is 3. The second kappa shape index (κ2) is 3.13. The van der Waals surface area contributed by atoms with Gasteiger partial charge in [0.25, 0.3) is 0 Å². The number of fused-ring (bicyclic) bond motifs is 1. The Morgan fingerprint density at radius 2 is 1.93 bits per heavy atom. The van der Waals surface area contributed by atoms with E-state index in [9.17, 15) is 4.79 Å². The lowest BCUT2D eigenvalue weighted by Crippen LogP contribution is -2.36. The number of hydrogen-bond donors (Lipinski definition) is 0. The van der Waals surface area contributed by atoms with E-state index < -0.39 is 5.60 Å². The van der Waals surface area contributed by atoms with Crippen LogP contribution in [0.4, 0.5) is 4.79 Å². The summed E-state index contributed by atoms with van der Waals surface area (Å²) in [7, 11) is 0. The van der Waals surface area contributed by atoms with E-state index in [1.54, 1.807) is 4.90 Å². The van der Waals surface area contributed by atoms with Crippen LogP contribution in [0.1, 0.15) is 20.8 Å². The summed E-state index contributed by atoms with van der Waals surface area (Å²) in [5.74, 6) is 0.994. The Bertz CT molecular complexity index is 314. The van der Waals surface area contributed by atoms with E-state index in [2.05, 4.69) is 6.07 Å². The summed E-state index contributed by atoms with van der Waals surface area (Å²) in [5.41, 5.74) is -0.432. The van der Waals surface area contributed by atoms with E-state index >= 15 is 0 Å². The van der Waals surface area contributed by atoms with Gasteiger partial charge in [-0.05, 0) is 32.6 Å². The topological polar surface area (TPSA) is 53.3 Å². The summed E-state index contributed by atoms with van der Waals surface area (Å²) < 4.78 is 5.26. The van der Waals surface area contributed by atoms with Crippen molar-refractivity contribution in [2.75, 3.05) is 13.1 Å². The average molecular weight is 208 g/mol. The number of nitrogens with zero attached hydrogens (tertiary/aromatic N) is 2. The SMILES string of the molecule is CC(C)(C)OC(=O)N1CC2C(C#N)[C@@H]2C1. The lowest BCUT2D eigenvalue weighted by atomic mass is 10.2. The molecule has 0 radical (unpaired) electrons. The summed E-state index contributed by atoms with van der Waals surface area (Å²) in [6, 6.07) is 2.27. The molecule has 82 valence electrons. The second-order valence-corrected chi connectivity index (χ2v) is 5.37. The Labute approximate surface area is 89.8 Å². The summed E-state index contributed by atoms with van der Waals surface area (Å²) in [4.78, 5) is 13.4. The molecule has 0 aromatic heterocycles. The molecule has 1 aliphatic heterocycles. The summed E-state index contributed by atoms with van der Waals surface area (Å²) in [6.07, 6.45) is -0.244. The van der Waals surface area contributed by atoms with Gasteiger partial charge in [-0.25, -0.2) is 4.79 Å². The van der Waals surface area contributed by atoms with Crippen LogP contribution < -0.4 is 0 Å². The van der Waals surface area contributed by atoms with E-state index in [1.165, 1.54) is 0 Å². The molecule has 3 atom stereocenters. The van der Waals surface area contributed by atoms with Gasteiger partial charge in [0.2, 0.25) is 0 Å². The molecule has 0 bridgehead atoms. The largest absolute Gasteiger partial charge is 0.444 e. The van der Waals surface area contributed by atoms with Gasteiger partial charge in [-0.1, -0.05) is 0 Å². The van der Waals surface area contributed by atoms with Gasteiger partial charge in [0.15, 0.2) is 0 Å². The average Bonchev–Trinajstić information content (AvgIpc) is 2.54. The molecule has 2 rings (SSSR count). The molecule has 0 aromatic rings. The van der Waals surface area contributed by atoms with Gasteiger partial charge in [0.05, 0.1) is 12.0 Å². The van der Waals surface area contributed by atoms with Crippen LogP contribution in [-0.4, -0.2) is 29.7 Å². The number of amides is 1. The van der Waals surface area contributed by atoms with E-state index in [0.717, 1.165) is 0 Å². The molecular formula is C11H16N2O2. The van der Waals surface area contributed by atoms with Crippen molar-refractivity contribution in [1.82, 2.24) is 4.90 Å². The highest BCUT2D eigenvalue weighted by atomic mass is 16.6. The number of piperidine rings is 1. The van der Waals surface area contributed by atoms with Crippen LogP contribution in [0.5, 0.6) is 0 Å². The molecule has 2 unspecified atom stereocenters. The number of rotatable bonds is 0. The molecule has 0 spiro atoms. The lowest BCUT2D eigenvalue weighted by molar-refractivity contribution is 0.0269. The van der Waals surface area contributed by atoms with E-state index in [4.69, 9.17) is 10.00 Å². The first kappa shape index (κ1) is 10.3. The van der Waals surface area contributed by atoms with Crippen LogP contribution in [-0.2, 0) is 4.74 Å². The molecule has 0 aromatic carbocycles. The van der Waals surface area contributed by atoms with Crippen LogP contribution in [0, 0.1) is 29.1 Å². The standard InChI is InChI=1S/C11H16N2O2/c1-11(2,3)15-10(14)13-5-8-7(4-12)9(8)6-13/h7-9H,5-6H2,1-3H3/t7?,8-,9?/m0/s1. The zero-order chi connectivity index (χ0) is 11.2. The smallest absolute Gasteiger partial charge is 0.410 e. The molecule has 1 aliphatic carbocycles. The summed E-state index contributed by atoms with van der Waals surface area (Å²) in [5, 5.41) is 8.74. The normalized spacial score (nSPS) is 33.2. The number of carbonyl (C=O) groups excluding carboxylic acids is 1. The van der Waals surface area contributed by atoms with Crippen molar-refractivity contribution >= 4 is 6.09 Å². The highest BCUT2D eigenvalue weighted by molar-refractivity contribution is 5.69. The molecule has 1 saturated heterocycles. The second-order valence-electron chi connectivity index (χ2n) is 5.37. The predicted molar refractivity (Wildman–Crippen MR) is 53.9 cm³/mol. The number of carbonyl (C=O) groups is 1. The van der Waals surface area contributed by atoms with Crippen LogP contribution in [0.25, 0.3) is 0 Å². The van der Waals surface area contributed by atoms with Gasteiger partial charge < -0.3 is 9.64 Å². The van der Waals surface area contributed by atoms with Crippen molar-refractivity contribution in [3.8, 4) is 6.07 Å². The van der Waals surface area contributed by atoms with E-state index in [1.807, 2.05) is 20.8 Å². The van der Waals surface area contributed by atoms with Gasteiger partial charge in [-0.15, -0.1) is 0 Å². The Balaban J connectivity index is 1.85. The minimum Gasteiger partial charge on any atom is -0.444 e. The monoisotopic (exact) mass is 208 g/mol. The van der Waals surface area contributed by atoms with Crippen LogP contribution in [0.15, 0.2) is 0 Å². The highest BCUT2D eigenvalue weighted by Gasteiger charge is 2.57. The van der Waals surface area contributed by atoms with Crippen molar-refractivity contribution in [2.45, 2.75) is 26.4 Å². The predicted octanol–water partition coefficient (Wildman–Crippen LogP) is 1.62. The Morgan fingerprint density at radius 1 is 1.40 bits per heavy atom. The van der Waals surface area contributed by atoms with Crippen molar-refractivity contribution in [3.05, 3.63) is 0 Å². The maximum absolute atomic E-state index is 11.6. The van der Waals surface area contributed by atoms with Gasteiger partial charge >= 0.3 is 6.09 Å². The summed E-state index contributed by atoms with van der Waals surface area (Å²) >= 11 is 0. The van der Waals surface area contributed by atoms with Crippen molar-refractivity contribution in [3.63, 3.8) is 0 Å². The fourth-order valence-corrected chi connectivity index (χ4v) is 2.19. The molecular weight excluding hydrogens is 192 g/mol. The third-order valence-corrected chi connectivity index (χ3v) is 2.99. The van der Waals surface area contributed by atoms with Crippen LogP contribution in [0.3, 0.4) is 0 Å². The first-order valence-corrected chi connectivity index (χ1v) is 5.30. The fourth-order valence-electron chi connectivity index (χ4n) is 2.19. The lowest BCUT2D eigenvalue weighted by Gasteiger charge is -2.25. The highest BCUT2D eigenvalue weighted by Crippen LogP contribution is 2.51. The molecule has 1 amide bonds. The minimum absolute atomic E-state index is 0.184. The zero-order valence-corrected chi connectivity index (χ0v) is 9.36. The Kier molecular flexibility index (Phi) is 2.14. The molecule has 2 aliphatic rings. The number of nitriles is 1. The molecule has 1 saturated carbocycles. The zero-order valence-electron chi connectivity index (χ0n) is 9.36. The Morgan fingerprint density at radius 3 is 2.33 bits per heavy atom. The minimum atomic E-state index is -0.432. The fraction of sp³-hybridized carbons (Fsp3) is 0.818. The van der Waals surface area contributed by atoms with Gasteiger partial charge in [-0.2, -0.15) is 5.26 Å². The van der Waals surface area contributed by atoms with Crippen molar-refractivity contribution in [2.24, 2.45) is 17.8 Å².